The molecule has 0 aliphatic rings. The van der Waals surface area contributed by atoms with E-state index in [4.69, 9.17) is 29.3 Å². The van der Waals surface area contributed by atoms with Crippen LogP contribution in [0.1, 0.15) is 17.0 Å². The zero-order valence-electron chi connectivity index (χ0n) is 20.6. The minimum atomic E-state index is -1.82. The van der Waals surface area contributed by atoms with E-state index in [1.165, 1.54) is 16.5 Å². The molecule has 0 amide bonds. The molecule has 5 N–H and O–H groups in total. The molecule has 3 aromatic carbocycles. The summed E-state index contributed by atoms with van der Waals surface area (Å²) in [7, 11) is 1.67. The quantitative estimate of drug-likeness (QED) is 0.174. The fourth-order valence-corrected chi connectivity index (χ4v) is 4.07. The van der Waals surface area contributed by atoms with Gasteiger partial charge >= 0.3 is 11.9 Å². The number of methoxy groups -OCH3 is 1. The molecule has 2 unspecified atom stereocenters. The molecule has 2 atom stereocenters. The number of carbonyl (C=O) groups is 2. The van der Waals surface area contributed by atoms with E-state index in [0.717, 1.165) is 21.5 Å². The second kappa shape index (κ2) is 14.2. The minimum absolute atomic E-state index is 0.122. The van der Waals surface area contributed by atoms with Gasteiger partial charge in [0.15, 0.2) is 0 Å². The lowest BCUT2D eigenvalue weighted by Crippen LogP contribution is -2.34. The van der Waals surface area contributed by atoms with Crippen LogP contribution in [0.3, 0.4) is 0 Å². The first-order chi connectivity index (χ1) is 18.3. The Morgan fingerprint density at radius 2 is 1.55 bits per heavy atom. The van der Waals surface area contributed by atoms with Crippen molar-refractivity contribution in [2.24, 2.45) is 0 Å². The molecule has 0 bridgehead atoms. The van der Waals surface area contributed by atoms with E-state index in [0.29, 0.717) is 13.1 Å². The van der Waals surface area contributed by atoms with Crippen LogP contribution in [0.15, 0.2) is 83.5 Å². The van der Waals surface area contributed by atoms with Gasteiger partial charge in [-0.2, -0.15) is 0 Å². The van der Waals surface area contributed by atoms with Crippen molar-refractivity contribution in [3.63, 3.8) is 0 Å². The number of aliphatic hydroxyl groups is 1. The molecule has 1 heterocycles. The van der Waals surface area contributed by atoms with Crippen LogP contribution in [-0.2, 0) is 9.59 Å². The Bertz CT molecular complexity index is 1310. The number of carboxylic acid groups (broad SMARTS) is 2. The van der Waals surface area contributed by atoms with Crippen molar-refractivity contribution in [1.82, 2.24) is 10.3 Å². The molecule has 200 valence electrons. The van der Waals surface area contributed by atoms with E-state index < -0.39 is 18.0 Å². The molecule has 0 aliphatic heterocycles. The summed E-state index contributed by atoms with van der Waals surface area (Å²) < 4.78 is 12.0. The summed E-state index contributed by atoms with van der Waals surface area (Å²) in [5.41, 5.74) is 3.52. The molecular weight excluding hydrogens is 556 g/mol. The fraction of sp³-hybridized carbons (Fsp3) is 0.214. The first-order valence-electron chi connectivity index (χ1n) is 11.7. The Balaban J connectivity index is 0.000000599. The van der Waals surface area contributed by atoms with Gasteiger partial charge in [0.25, 0.3) is 0 Å². The molecule has 0 radical (unpaired) electrons. The average Bonchev–Trinajstić information content (AvgIpc) is 3.35. The molecular formula is C28H29BrN2O7. The third kappa shape index (κ3) is 8.34. The number of para-hydroxylation sites is 1. The predicted octanol–water partition coefficient (Wildman–Crippen LogP) is 4.26. The normalized spacial score (nSPS) is 12.2. The number of hydrogen-bond donors (Lipinski definition) is 5. The number of halogens is 1. The van der Waals surface area contributed by atoms with Crippen LogP contribution in [0.5, 0.6) is 11.5 Å². The summed E-state index contributed by atoms with van der Waals surface area (Å²) in [4.78, 5) is 21.6. The second-order valence-corrected chi connectivity index (χ2v) is 9.22. The summed E-state index contributed by atoms with van der Waals surface area (Å²) in [5, 5.41) is 29.8. The molecule has 0 aliphatic carbocycles. The van der Waals surface area contributed by atoms with Crippen LogP contribution in [0.2, 0.25) is 0 Å². The van der Waals surface area contributed by atoms with Gasteiger partial charge in [-0.3, -0.25) is 0 Å². The molecule has 1 aromatic heterocycles. The molecule has 9 nitrogen and oxygen atoms in total. The number of fused-ring (bicyclic) bond motifs is 1. The molecule has 0 spiro atoms. The van der Waals surface area contributed by atoms with Gasteiger partial charge in [0, 0.05) is 40.6 Å². The molecule has 0 saturated carbocycles. The number of nitrogens with one attached hydrogen (secondary N) is 2. The largest absolute Gasteiger partial charge is 0.497 e. The SMILES string of the molecule is COc1ccc(C(CNCC(O)COc2ccc(Br)cc2)c2c[nH]c3ccccc23)cc1.O=C(O)C(=O)O. The number of ether oxygens (including phenoxy) is 2. The summed E-state index contributed by atoms with van der Waals surface area (Å²) in [5.74, 6) is -1.95. The lowest BCUT2D eigenvalue weighted by molar-refractivity contribution is -0.159. The molecule has 0 saturated heterocycles. The minimum Gasteiger partial charge on any atom is -0.497 e. The number of aromatic amines is 1. The lowest BCUT2D eigenvalue weighted by Gasteiger charge is -2.20. The maximum absolute atomic E-state index is 10.4. The highest BCUT2D eigenvalue weighted by Gasteiger charge is 2.19. The third-order valence-corrected chi connectivity index (χ3v) is 6.21. The number of H-pyrrole nitrogens is 1. The number of aliphatic carboxylic acids is 2. The zero-order valence-corrected chi connectivity index (χ0v) is 22.2. The van der Waals surface area contributed by atoms with Gasteiger partial charge in [0.1, 0.15) is 24.2 Å². The number of aromatic nitrogens is 1. The first kappa shape index (κ1) is 28.7. The van der Waals surface area contributed by atoms with E-state index in [1.54, 1.807) is 7.11 Å². The number of aliphatic hydroxyl groups excluding tert-OH is 1. The maximum atomic E-state index is 10.4. The van der Waals surface area contributed by atoms with Gasteiger partial charge in [-0.1, -0.05) is 46.3 Å². The van der Waals surface area contributed by atoms with Gasteiger partial charge in [-0.15, -0.1) is 0 Å². The Morgan fingerprint density at radius 3 is 2.18 bits per heavy atom. The van der Waals surface area contributed by atoms with Crippen LogP contribution in [0.4, 0.5) is 0 Å². The fourth-order valence-electron chi connectivity index (χ4n) is 3.80. The first-order valence-corrected chi connectivity index (χ1v) is 12.5. The second-order valence-electron chi connectivity index (χ2n) is 8.30. The van der Waals surface area contributed by atoms with Crippen molar-refractivity contribution < 1.29 is 34.4 Å². The predicted molar refractivity (Wildman–Crippen MR) is 147 cm³/mol. The topological polar surface area (TPSA) is 141 Å². The van der Waals surface area contributed by atoms with Crippen molar-refractivity contribution in [2.45, 2.75) is 12.0 Å². The van der Waals surface area contributed by atoms with Gasteiger partial charge < -0.3 is 35.1 Å². The van der Waals surface area contributed by atoms with E-state index >= 15 is 0 Å². The van der Waals surface area contributed by atoms with Crippen LogP contribution in [0.25, 0.3) is 10.9 Å². The Morgan fingerprint density at radius 1 is 0.921 bits per heavy atom. The van der Waals surface area contributed by atoms with Crippen LogP contribution in [0, 0.1) is 0 Å². The van der Waals surface area contributed by atoms with Crippen molar-refractivity contribution in [1.29, 1.82) is 0 Å². The number of carboxylic acids is 2. The van der Waals surface area contributed by atoms with E-state index in [9.17, 15) is 5.11 Å². The van der Waals surface area contributed by atoms with E-state index in [2.05, 4.69) is 62.8 Å². The molecule has 4 aromatic rings. The van der Waals surface area contributed by atoms with Gasteiger partial charge in [-0.05, 0) is 53.6 Å². The summed E-state index contributed by atoms with van der Waals surface area (Å²) >= 11 is 3.41. The summed E-state index contributed by atoms with van der Waals surface area (Å²) in [6, 6.07) is 24.1. The highest BCUT2D eigenvalue weighted by molar-refractivity contribution is 9.10. The van der Waals surface area contributed by atoms with Gasteiger partial charge in [0.2, 0.25) is 0 Å². The Kier molecular flexibility index (Phi) is 10.7. The van der Waals surface area contributed by atoms with Crippen molar-refractivity contribution >= 4 is 38.8 Å². The number of benzene rings is 3. The van der Waals surface area contributed by atoms with Gasteiger partial charge in [-0.25, -0.2) is 9.59 Å². The lowest BCUT2D eigenvalue weighted by atomic mass is 9.90. The van der Waals surface area contributed by atoms with E-state index in [-0.39, 0.29) is 12.5 Å². The summed E-state index contributed by atoms with van der Waals surface area (Å²) in [6.07, 6.45) is 1.46. The monoisotopic (exact) mass is 584 g/mol. The summed E-state index contributed by atoms with van der Waals surface area (Å²) in [6.45, 7) is 1.35. The molecule has 10 heteroatoms. The average molecular weight is 585 g/mol. The number of rotatable bonds is 10. The smallest absolute Gasteiger partial charge is 0.414 e. The molecule has 0 fully saturated rings. The number of hydrogen-bond acceptors (Lipinski definition) is 6. The molecule has 4 rings (SSSR count). The van der Waals surface area contributed by atoms with Crippen LogP contribution < -0.4 is 14.8 Å². The van der Waals surface area contributed by atoms with Gasteiger partial charge in [0.05, 0.1) is 7.11 Å². The Labute approximate surface area is 228 Å². The van der Waals surface area contributed by atoms with Crippen molar-refractivity contribution in [3.05, 3.63) is 94.6 Å². The zero-order chi connectivity index (χ0) is 27.5. The maximum Gasteiger partial charge on any atom is 0.414 e. The van der Waals surface area contributed by atoms with Crippen LogP contribution >= 0.6 is 15.9 Å². The highest BCUT2D eigenvalue weighted by Crippen LogP contribution is 2.31. The van der Waals surface area contributed by atoms with E-state index in [1.807, 2.05) is 42.5 Å². The van der Waals surface area contributed by atoms with Crippen molar-refractivity contribution in [2.75, 3.05) is 26.8 Å². The van der Waals surface area contributed by atoms with Crippen LogP contribution in [-0.4, -0.2) is 65.2 Å². The standard InChI is InChI=1S/C26H27BrN2O3.C2H2O4/c1-31-21-10-6-18(7-11-21)24(25-16-29-26-5-3-2-4-23(25)26)15-28-14-20(30)17-32-22-12-8-19(27)9-13-22;3-1(4)2(5)6/h2-13,16,20,24,28-30H,14-15,17H2,1H3;(H,3,4)(H,5,6). The third-order valence-electron chi connectivity index (χ3n) is 5.68. The molecule has 38 heavy (non-hydrogen) atoms. The highest BCUT2D eigenvalue weighted by atomic mass is 79.9. The van der Waals surface area contributed by atoms with Crippen molar-refractivity contribution in [3.8, 4) is 11.5 Å². The Hall–Kier alpha value is -3.86.